The number of thiazole rings is 1. The number of hydrogen-bond donors (Lipinski definition) is 3. The van der Waals surface area contributed by atoms with Crippen molar-refractivity contribution in [2.75, 3.05) is 11.9 Å². The van der Waals surface area contributed by atoms with E-state index < -0.39 is 22.5 Å². The molecule has 1 heterocycles. The Labute approximate surface area is 189 Å². The number of rotatable bonds is 12. The fourth-order valence-electron chi connectivity index (χ4n) is 4.09. The normalized spacial score (nSPS) is 20.5. The summed E-state index contributed by atoms with van der Waals surface area (Å²) in [6.07, 6.45) is 9.64. The fourth-order valence-corrected chi connectivity index (χ4v) is 6.15. The van der Waals surface area contributed by atoms with Gasteiger partial charge in [0.05, 0.1) is 6.20 Å². The molecule has 1 saturated carbocycles. The summed E-state index contributed by atoms with van der Waals surface area (Å²) in [6, 6.07) is 0. The average molecular weight is 474 g/mol. The number of anilines is 1. The lowest BCUT2D eigenvalue weighted by molar-refractivity contribution is -0.135. The molecule has 1 unspecified atom stereocenters. The molecule has 1 atom stereocenters. The lowest BCUT2D eigenvalue weighted by Gasteiger charge is -2.33. The number of aliphatic carboxylic acids is 1. The summed E-state index contributed by atoms with van der Waals surface area (Å²) in [7, 11) is -3.96. The van der Waals surface area contributed by atoms with Gasteiger partial charge in [-0.1, -0.05) is 51.4 Å². The van der Waals surface area contributed by atoms with E-state index in [0.717, 1.165) is 42.7 Å². The van der Waals surface area contributed by atoms with Gasteiger partial charge in [0.15, 0.2) is 9.34 Å². The summed E-state index contributed by atoms with van der Waals surface area (Å²) < 4.78 is 26.0. The molecule has 0 radical (unpaired) electrons. The van der Waals surface area contributed by atoms with Crippen LogP contribution in [0.15, 0.2) is 10.4 Å². The van der Waals surface area contributed by atoms with Crippen LogP contribution in [-0.2, 0) is 19.6 Å². The van der Waals surface area contributed by atoms with Crippen molar-refractivity contribution in [1.82, 2.24) is 9.71 Å². The first-order chi connectivity index (χ1) is 14.6. The molecule has 0 spiro atoms. The number of sulfonamides is 1. The van der Waals surface area contributed by atoms with Crippen LogP contribution in [0.3, 0.4) is 0 Å². The van der Waals surface area contributed by atoms with Crippen molar-refractivity contribution in [2.24, 2.45) is 23.7 Å². The molecule has 1 aliphatic carbocycles. The summed E-state index contributed by atoms with van der Waals surface area (Å²) in [5, 5.41) is 11.5. The summed E-state index contributed by atoms with van der Waals surface area (Å²) in [5.41, 5.74) is 0. The number of carboxylic acid groups (broad SMARTS) is 1. The van der Waals surface area contributed by atoms with Crippen molar-refractivity contribution in [3.63, 3.8) is 0 Å². The Morgan fingerprint density at radius 1 is 1.19 bits per heavy atom. The zero-order chi connectivity index (χ0) is 23.0. The van der Waals surface area contributed by atoms with Gasteiger partial charge in [-0.15, -0.1) is 0 Å². The van der Waals surface area contributed by atoms with E-state index in [-0.39, 0.29) is 15.2 Å². The first-order valence-corrected chi connectivity index (χ1v) is 13.3. The van der Waals surface area contributed by atoms with E-state index in [4.69, 9.17) is 5.11 Å². The van der Waals surface area contributed by atoms with Crippen LogP contribution in [0.2, 0.25) is 0 Å². The quantitative estimate of drug-likeness (QED) is 0.420. The number of carbonyl (C=O) groups excluding carboxylic acids is 1. The monoisotopic (exact) mass is 473 g/mol. The maximum absolute atomic E-state index is 12.5. The average Bonchev–Trinajstić information content (AvgIpc) is 3.16. The van der Waals surface area contributed by atoms with Crippen molar-refractivity contribution in [3.8, 4) is 0 Å². The zero-order valence-corrected chi connectivity index (χ0v) is 20.2. The lowest BCUT2D eigenvalue weighted by atomic mass is 9.73. The second-order valence-electron chi connectivity index (χ2n) is 9.04. The predicted octanol–water partition coefficient (Wildman–Crippen LogP) is 4.10. The first kappa shape index (κ1) is 25.7. The highest BCUT2D eigenvalue weighted by molar-refractivity contribution is 7.91. The van der Waals surface area contributed by atoms with E-state index in [1.54, 1.807) is 0 Å². The third kappa shape index (κ3) is 8.86. The van der Waals surface area contributed by atoms with Crippen LogP contribution < -0.4 is 10.0 Å². The Kier molecular flexibility index (Phi) is 9.90. The van der Waals surface area contributed by atoms with Crippen LogP contribution in [0.5, 0.6) is 0 Å². The van der Waals surface area contributed by atoms with Crippen LogP contribution in [0.4, 0.5) is 5.13 Å². The summed E-state index contributed by atoms with van der Waals surface area (Å²) in [4.78, 5) is 27.0. The maximum Gasteiger partial charge on any atom is 0.318 e. The summed E-state index contributed by atoms with van der Waals surface area (Å²) in [5.74, 6) is 1.21. The van der Waals surface area contributed by atoms with Gasteiger partial charge in [-0.25, -0.2) is 13.4 Å². The number of hydrogen-bond acceptors (Lipinski definition) is 6. The van der Waals surface area contributed by atoms with E-state index >= 15 is 0 Å². The Morgan fingerprint density at radius 3 is 2.48 bits per heavy atom. The number of amides is 1. The minimum absolute atomic E-state index is 0.129. The van der Waals surface area contributed by atoms with Gasteiger partial charge >= 0.3 is 5.97 Å². The molecule has 0 aliphatic heterocycles. The molecule has 10 heteroatoms. The van der Waals surface area contributed by atoms with Gasteiger partial charge in [-0.05, 0) is 49.4 Å². The maximum atomic E-state index is 12.5. The van der Waals surface area contributed by atoms with E-state index in [2.05, 4.69) is 31.1 Å². The summed E-state index contributed by atoms with van der Waals surface area (Å²) >= 11 is 0.810. The Hall–Kier alpha value is -1.52. The Balaban J connectivity index is 1.90. The number of aromatic nitrogens is 1. The smallest absolute Gasteiger partial charge is 0.318 e. The Morgan fingerprint density at radius 2 is 1.87 bits per heavy atom. The second kappa shape index (κ2) is 11.9. The second-order valence-corrected chi connectivity index (χ2v) is 12.1. The lowest BCUT2D eigenvalue weighted by Crippen LogP contribution is -2.28. The molecule has 0 aromatic carbocycles. The predicted molar refractivity (Wildman–Crippen MR) is 121 cm³/mol. The molecule has 1 aliphatic rings. The van der Waals surface area contributed by atoms with Crippen molar-refractivity contribution in [3.05, 3.63) is 6.20 Å². The minimum Gasteiger partial charge on any atom is -0.480 e. The zero-order valence-electron chi connectivity index (χ0n) is 18.6. The summed E-state index contributed by atoms with van der Waals surface area (Å²) in [6.45, 7) is 6.06. The van der Waals surface area contributed by atoms with Crippen LogP contribution in [-0.4, -0.2) is 36.9 Å². The third-order valence-corrected chi connectivity index (χ3v) is 8.77. The molecular formula is C21H35N3O5S2. The highest BCUT2D eigenvalue weighted by atomic mass is 32.2. The van der Waals surface area contributed by atoms with Crippen LogP contribution in [0, 0.1) is 23.7 Å². The van der Waals surface area contributed by atoms with Gasteiger partial charge in [0.25, 0.3) is 10.0 Å². The third-order valence-electron chi connectivity index (χ3n) is 5.99. The number of carboxylic acids is 1. The molecular weight excluding hydrogens is 438 g/mol. The van der Waals surface area contributed by atoms with Crippen molar-refractivity contribution in [1.29, 1.82) is 0 Å². The number of nitrogens with zero attached hydrogens (tertiary/aromatic N) is 1. The molecule has 31 heavy (non-hydrogen) atoms. The van der Waals surface area contributed by atoms with Gasteiger partial charge in [-0.2, -0.15) is 4.72 Å². The first-order valence-electron chi connectivity index (χ1n) is 11.0. The molecule has 1 aromatic heterocycles. The van der Waals surface area contributed by atoms with Crippen LogP contribution in [0.25, 0.3) is 0 Å². The highest BCUT2D eigenvalue weighted by Crippen LogP contribution is 2.37. The molecule has 1 fully saturated rings. The topological polar surface area (TPSA) is 125 Å². The molecule has 0 bridgehead atoms. The van der Waals surface area contributed by atoms with E-state index in [1.807, 2.05) is 4.72 Å². The molecule has 2 rings (SSSR count). The minimum atomic E-state index is -3.96. The van der Waals surface area contributed by atoms with Crippen LogP contribution in [0.1, 0.15) is 72.1 Å². The van der Waals surface area contributed by atoms with Gasteiger partial charge in [0.1, 0.15) is 6.54 Å². The van der Waals surface area contributed by atoms with Gasteiger partial charge in [0, 0.05) is 6.42 Å². The standard InChI is InChI=1S/C21H35N3O5S2/c1-14(2)4-7-16(17-8-5-15(3)6-9-17)10-11-18(25)24-21-22-13-20(30-21)31(28,29)23-12-19(26)27/h13-17,23H,4-12H2,1-3H3,(H,26,27)(H,22,24,25). The van der Waals surface area contributed by atoms with Gasteiger partial charge in [-0.3, -0.25) is 9.59 Å². The highest BCUT2D eigenvalue weighted by Gasteiger charge is 2.27. The van der Waals surface area contributed by atoms with E-state index in [1.165, 1.54) is 25.7 Å². The molecule has 176 valence electrons. The van der Waals surface area contributed by atoms with Crippen molar-refractivity contribution < 1.29 is 23.1 Å². The SMILES string of the molecule is CC(C)CCC(CCC(=O)Nc1ncc(S(=O)(=O)NCC(=O)O)s1)C1CCC(C)CC1. The van der Waals surface area contributed by atoms with Gasteiger partial charge in [0.2, 0.25) is 5.91 Å². The van der Waals surface area contributed by atoms with Gasteiger partial charge < -0.3 is 10.4 Å². The number of carbonyl (C=O) groups is 2. The van der Waals surface area contributed by atoms with E-state index in [0.29, 0.717) is 24.2 Å². The molecule has 0 saturated heterocycles. The molecule has 3 N–H and O–H groups in total. The number of nitrogens with one attached hydrogen (secondary N) is 2. The largest absolute Gasteiger partial charge is 0.480 e. The van der Waals surface area contributed by atoms with E-state index in [9.17, 15) is 18.0 Å². The van der Waals surface area contributed by atoms with Crippen molar-refractivity contribution >= 4 is 38.4 Å². The van der Waals surface area contributed by atoms with Crippen LogP contribution >= 0.6 is 11.3 Å². The molecule has 1 aromatic rings. The van der Waals surface area contributed by atoms with Crippen molar-refractivity contribution in [2.45, 2.75) is 76.3 Å². The molecule has 8 nitrogen and oxygen atoms in total. The Bertz CT molecular complexity index is 830. The molecule has 1 amide bonds. The fraction of sp³-hybridized carbons (Fsp3) is 0.762.